The van der Waals surface area contributed by atoms with Crippen LogP contribution in [0.3, 0.4) is 0 Å². The summed E-state index contributed by atoms with van der Waals surface area (Å²) in [7, 11) is -9.89. The van der Waals surface area contributed by atoms with Crippen molar-refractivity contribution < 1.29 is 80.2 Å². The van der Waals surface area contributed by atoms with Gasteiger partial charge in [0.05, 0.1) is 26.4 Å². The lowest BCUT2D eigenvalue weighted by Gasteiger charge is -2.21. The van der Waals surface area contributed by atoms with E-state index in [1.807, 2.05) is 0 Å². The van der Waals surface area contributed by atoms with Crippen LogP contribution in [0.25, 0.3) is 0 Å². The van der Waals surface area contributed by atoms with Crippen LogP contribution < -0.4 is 0 Å². The maximum absolute atomic E-state index is 13.0. The summed E-state index contributed by atoms with van der Waals surface area (Å²) < 4.78 is 68.1. The average molecular weight is 1270 g/mol. The zero-order valence-electron chi connectivity index (χ0n) is 55.4. The van der Waals surface area contributed by atoms with Crippen molar-refractivity contribution in [3.05, 3.63) is 0 Å². The molecule has 0 spiro atoms. The maximum Gasteiger partial charge on any atom is 0.472 e. The lowest BCUT2D eigenvalue weighted by atomic mass is 10.0. The molecule has 0 bridgehead atoms. The summed E-state index contributed by atoms with van der Waals surface area (Å²) in [6, 6.07) is 0. The smallest absolute Gasteiger partial charge is 0.462 e. The van der Waals surface area contributed by atoms with Gasteiger partial charge in [0.25, 0.3) is 0 Å². The highest BCUT2D eigenvalue weighted by molar-refractivity contribution is 7.47. The number of carbonyl (C=O) groups excluding carboxylic acids is 4. The number of phosphoric acid groups is 2. The topological polar surface area (TPSA) is 237 Å². The number of esters is 4. The first-order chi connectivity index (χ1) is 41.5. The van der Waals surface area contributed by atoms with Crippen molar-refractivity contribution in [3.63, 3.8) is 0 Å². The number of aliphatic hydroxyl groups excluding tert-OH is 1. The molecule has 5 atom stereocenters. The Morgan fingerprint density at radius 2 is 0.535 bits per heavy atom. The standard InChI is InChI=1S/C67H130O17P2/c1-6-9-12-15-18-21-24-25-27-32-38-43-48-53-67(72)84-63(57-78-65(70)51-46-41-36-33-28-29-34-39-44-49-60(4)5)59-82-86(75,76)80-55-61(68)54-79-85(73,74)81-58-62(56-77-64(69)50-45-40-35-30-23-20-17-14-11-8-3)83-66(71)52-47-42-37-31-26-22-19-16-13-10-7-2/h60-63,68H,6-59H2,1-5H3,(H,73,74)(H,75,76)/t61-,62+,63+/m0/s1. The van der Waals surface area contributed by atoms with Crippen LogP contribution in [0.1, 0.15) is 343 Å². The van der Waals surface area contributed by atoms with Gasteiger partial charge in [0.15, 0.2) is 12.2 Å². The zero-order valence-corrected chi connectivity index (χ0v) is 57.2. The third kappa shape index (κ3) is 60.9. The van der Waals surface area contributed by atoms with Gasteiger partial charge in [-0.3, -0.25) is 37.3 Å². The number of aliphatic hydroxyl groups is 1. The van der Waals surface area contributed by atoms with Gasteiger partial charge in [-0.25, -0.2) is 9.13 Å². The molecule has 17 nitrogen and oxygen atoms in total. The van der Waals surface area contributed by atoms with E-state index in [2.05, 4.69) is 34.6 Å². The van der Waals surface area contributed by atoms with E-state index in [9.17, 15) is 43.2 Å². The average Bonchev–Trinajstić information content (AvgIpc) is 3.65. The minimum atomic E-state index is -4.95. The fraction of sp³-hybridized carbons (Fsp3) is 0.940. The van der Waals surface area contributed by atoms with E-state index in [0.29, 0.717) is 25.7 Å². The lowest BCUT2D eigenvalue weighted by Crippen LogP contribution is -2.30. The van der Waals surface area contributed by atoms with Gasteiger partial charge in [0.1, 0.15) is 19.3 Å². The van der Waals surface area contributed by atoms with Gasteiger partial charge < -0.3 is 33.8 Å². The molecule has 3 N–H and O–H groups in total. The van der Waals surface area contributed by atoms with Crippen molar-refractivity contribution >= 4 is 39.5 Å². The van der Waals surface area contributed by atoms with Crippen molar-refractivity contribution in [2.75, 3.05) is 39.6 Å². The molecule has 0 saturated carbocycles. The van der Waals surface area contributed by atoms with Crippen molar-refractivity contribution in [2.24, 2.45) is 5.92 Å². The molecule has 0 aromatic heterocycles. The molecule has 0 rings (SSSR count). The van der Waals surface area contributed by atoms with Crippen LogP contribution in [0.15, 0.2) is 0 Å². The predicted octanol–water partition coefficient (Wildman–Crippen LogP) is 19.0. The van der Waals surface area contributed by atoms with E-state index in [-0.39, 0.29) is 25.7 Å². The molecule has 0 fully saturated rings. The highest BCUT2D eigenvalue weighted by Gasteiger charge is 2.30. The SMILES string of the molecule is CCCCCCCCCCCCCCCC(=O)O[C@H](COC(=O)CCCCCCCCCCCC(C)C)COP(=O)(O)OC[C@@H](O)COP(=O)(O)OC[C@@H](COC(=O)CCCCCCCCCCCC)OC(=O)CCCCCCCCCCCCC. The maximum atomic E-state index is 13.0. The molecule has 0 radical (unpaired) electrons. The highest BCUT2D eigenvalue weighted by atomic mass is 31.2. The number of carbonyl (C=O) groups is 4. The molecule has 0 saturated heterocycles. The number of rotatable bonds is 67. The number of unbranched alkanes of at least 4 members (excludes halogenated alkanes) is 39. The van der Waals surface area contributed by atoms with Crippen LogP contribution in [-0.4, -0.2) is 96.7 Å². The first-order valence-corrected chi connectivity index (χ1v) is 38.1. The van der Waals surface area contributed by atoms with Gasteiger partial charge in [-0.05, 0) is 31.6 Å². The molecule has 0 aromatic carbocycles. The van der Waals surface area contributed by atoms with Gasteiger partial charge >= 0.3 is 39.5 Å². The van der Waals surface area contributed by atoms with Gasteiger partial charge in [-0.1, -0.05) is 291 Å². The van der Waals surface area contributed by atoms with E-state index < -0.39 is 97.5 Å². The normalized spacial score (nSPS) is 14.2. The minimum absolute atomic E-state index is 0.107. The lowest BCUT2D eigenvalue weighted by molar-refractivity contribution is -0.161. The van der Waals surface area contributed by atoms with Crippen LogP contribution >= 0.6 is 15.6 Å². The molecule has 2 unspecified atom stereocenters. The third-order valence-corrected chi connectivity index (χ3v) is 17.4. The molecule has 0 aliphatic rings. The second-order valence-corrected chi connectivity index (χ2v) is 27.6. The van der Waals surface area contributed by atoms with E-state index >= 15 is 0 Å². The Morgan fingerprint density at radius 3 is 0.791 bits per heavy atom. The summed E-state index contributed by atoms with van der Waals surface area (Å²) in [5.41, 5.74) is 0. The third-order valence-electron chi connectivity index (χ3n) is 15.5. The second kappa shape index (κ2) is 60.6. The molecule has 0 aliphatic carbocycles. The molecule has 0 heterocycles. The minimum Gasteiger partial charge on any atom is -0.462 e. The van der Waals surface area contributed by atoms with Gasteiger partial charge in [0.2, 0.25) is 0 Å². The number of phosphoric ester groups is 2. The fourth-order valence-electron chi connectivity index (χ4n) is 10.1. The van der Waals surface area contributed by atoms with Crippen molar-refractivity contribution in [3.8, 4) is 0 Å². The molecular formula is C67H130O17P2. The molecule has 510 valence electrons. The van der Waals surface area contributed by atoms with Crippen LogP contribution in [0.2, 0.25) is 0 Å². The highest BCUT2D eigenvalue weighted by Crippen LogP contribution is 2.45. The van der Waals surface area contributed by atoms with Crippen molar-refractivity contribution in [1.29, 1.82) is 0 Å². The Labute approximate surface area is 524 Å². The Morgan fingerprint density at radius 1 is 0.314 bits per heavy atom. The number of hydrogen-bond donors (Lipinski definition) is 3. The number of ether oxygens (including phenoxy) is 4. The summed E-state index contributed by atoms with van der Waals surface area (Å²) in [5.74, 6) is -1.38. The van der Waals surface area contributed by atoms with Crippen molar-refractivity contribution in [2.45, 2.75) is 361 Å². The second-order valence-electron chi connectivity index (χ2n) is 24.7. The Kier molecular flexibility index (Phi) is 59.2. The van der Waals surface area contributed by atoms with Gasteiger partial charge in [-0.15, -0.1) is 0 Å². The first-order valence-electron chi connectivity index (χ1n) is 35.1. The number of hydrogen-bond acceptors (Lipinski definition) is 15. The van der Waals surface area contributed by atoms with Crippen LogP contribution in [0.5, 0.6) is 0 Å². The summed E-state index contributed by atoms with van der Waals surface area (Å²) >= 11 is 0. The summed E-state index contributed by atoms with van der Waals surface area (Å²) in [5, 5.41) is 10.6. The summed E-state index contributed by atoms with van der Waals surface area (Å²) in [6.45, 7) is 7.20. The molecule has 0 aliphatic heterocycles. The van der Waals surface area contributed by atoms with E-state index in [1.165, 1.54) is 167 Å². The first kappa shape index (κ1) is 84.1. The molecule has 0 aromatic rings. The Balaban J connectivity index is 5.24. The van der Waals surface area contributed by atoms with E-state index in [1.54, 1.807) is 0 Å². The summed E-state index contributed by atoms with van der Waals surface area (Å²) in [6.07, 6.45) is 45.6. The van der Waals surface area contributed by atoms with Gasteiger partial charge in [-0.2, -0.15) is 0 Å². The molecule has 19 heteroatoms. The fourth-order valence-corrected chi connectivity index (χ4v) is 11.7. The van der Waals surface area contributed by atoms with Crippen molar-refractivity contribution in [1.82, 2.24) is 0 Å². The molecule has 86 heavy (non-hydrogen) atoms. The van der Waals surface area contributed by atoms with Crippen LogP contribution in [0.4, 0.5) is 0 Å². The van der Waals surface area contributed by atoms with Gasteiger partial charge in [0, 0.05) is 25.7 Å². The van der Waals surface area contributed by atoms with Crippen LogP contribution in [0, 0.1) is 5.92 Å². The summed E-state index contributed by atoms with van der Waals surface area (Å²) in [4.78, 5) is 72.4. The zero-order chi connectivity index (χ0) is 63.5. The molecular weight excluding hydrogens is 1140 g/mol. The van der Waals surface area contributed by atoms with E-state index in [4.69, 9.17) is 37.0 Å². The largest absolute Gasteiger partial charge is 0.472 e. The van der Waals surface area contributed by atoms with Crippen LogP contribution in [-0.2, 0) is 65.4 Å². The quantitative estimate of drug-likeness (QED) is 0.0222. The molecule has 0 amide bonds. The Bertz CT molecular complexity index is 1670. The Hall–Kier alpha value is -1.94. The monoisotopic (exact) mass is 1270 g/mol. The van der Waals surface area contributed by atoms with E-state index in [0.717, 1.165) is 95.8 Å². The predicted molar refractivity (Wildman–Crippen MR) is 345 cm³/mol.